The van der Waals surface area contributed by atoms with Crippen molar-refractivity contribution >= 4 is 40.8 Å². The second-order valence-electron chi connectivity index (χ2n) is 6.19. The van der Waals surface area contributed by atoms with E-state index in [9.17, 15) is 14.4 Å². The van der Waals surface area contributed by atoms with E-state index in [4.69, 9.17) is 30.5 Å². The molecule has 0 saturated heterocycles. The number of amides is 2. The van der Waals surface area contributed by atoms with Crippen molar-refractivity contribution in [3.8, 4) is 17.2 Å². The van der Waals surface area contributed by atoms with Gasteiger partial charge >= 0.3 is 5.97 Å². The number of nitrogens with one attached hydrogen (secondary N) is 2. The van der Waals surface area contributed by atoms with E-state index in [-0.39, 0.29) is 17.1 Å². The van der Waals surface area contributed by atoms with Gasteiger partial charge < -0.3 is 29.6 Å². The van der Waals surface area contributed by atoms with Crippen molar-refractivity contribution in [2.45, 2.75) is 12.5 Å². The highest BCUT2D eigenvalue weighted by molar-refractivity contribution is 6.32. The maximum absolute atomic E-state index is 12.1. The van der Waals surface area contributed by atoms with Crippen LogP contribution in [0.3, 0.4) is 0 Å². The molecule has 0 spiro atoms. The molecule has 30 heavy (non-hydrogen) atoms. The van der Waals surface area contributed by atoms with Gasteiger partial charge in [0.25, 0.3) is 11.8 Å². The van der Waals surface area contributed by atoms with Crippen molar-refractivity contribution in [3.05, 3.63) is 41.4 Å². The standard InChI is InChI=1S/C20H19ClN2O7/c1-27-15-8-16(28-2)13(7-11(15)21)22-18(24)10-29-19(25)9-17-20(26)23-12-5-3-4-6-14(12)30-17/h3-8,17H,9-10H2,1-2H3,(H,22,24)(H,23,26). The van der Waals surface area contributed by atoms with Crippen LogP contribution < -0.4 is 24.8 Å². The first-order valence-electron chi connectivity index (χ1n) is 8.84. The van der Waals surface area contributed by atoms with E-state index in [2.05, 4.69) is 10.6 Å². The van der Waals surface area contributed by atoms with Crippen LogP contribution in [-0.2, 0) is 19.1 Å². The normalized spacial score (nSPS) is 14.6. The number of hydrogen-bond donors (Lipinski definition) is 2. The van der Waals surface area contributed by atoms with Gasteiger partial charge in [-0.1, -0.05) is 23.7 Å². The molecule has 1 heterocycles. The zero-order valence-electron chi connectivity index (χ0n) is 16.2. The van der Waals surface area contributed by atoms with E-state index in [1.807, 2.05) is 0 Å². The highest BCUT2D eigenvalue weighted by atomic mass is 35.5. The van der Waals surface area contributed by atoms with Crippen molar-refractivity contribution in [2.75, 3.05) is 31.5 Å². The van der Waals surface area contributed by atoms with Crippen LogP contribution in [0.25, 0.3) is 0 Å². The summed E-state index contributed by atoms with van der Waals surface area (Å²) in [5.74, 6) is -0.678. The van der Waals surface area contributed by atoms with Crippen LogP contribution in [-0.4, -0.2) is 44.7 Å². The third kappa shape index (κ3) is 4.93. The molecule has 0 aromatic heterocycles. The predicted molar refractivity (Wildman–Crippen MR) is 108 cm³/mol. The minimum atomic E-state index is -1.05. The minimum Gasteiger partial charge on any atom is -0.495 e. The molecule has 3 rings (SSSR count). The third-order valence-corrected chi connectivity index (χ3v) is 4.47. The second kappa shape index (κ2) is 9.36. The fourth-order valence-corrected chi connectivity index (χ4v) is 2.97. The Morgan fingerprint density at radius 1 is 1.17 bits per heavy atom. The number of anilines is 2. The molecule has 2 amide bonds. The topological polar surface area (TPSA) is 112 Å². The summed E-state index contributed by atoms with van der Waals surface area (Å²) in [5, 5.41) is 5.46. The van der Waals surface area contributed by atoms with Gasteiger partial charge in [-0.15, -0.1) is 0 Å². The zero-order chi connectivity index (χ0) is 21.7. The Labute approximate surface area is 177 Å². The first-order chi connectivity index (χ1) is 14.4. The Morgan fingerprint density at radius 3 is 2.63 bits per heavy atom. The fourth-order valence-electron chi connectivity index (χ4n) is 2.73. The molecule has 2 aromatic rings. The molecular formula is C20H19ClN2O7. The monoisotopic (exact) mass is 434 g/mol. The van der Waals surface area contributed by atoms with E-state index >= 15 is 0 Å². The van der Waals surface area contributed by atoms with Gasteiger partial charge in [-0.3, -0.25) is 14.4 Å². The summed E-state index contributed by atoms with van der Waals surface area (Å²) in [5.41, 5.74) is 0.814. The largest absolute Gasteiger partial charge is 0.495 e. The zero-order valence-corrected chi connectivity index (χ0v) is 16.9. The van der Waals surface area contributed by atoms with Crippen molar-refractivity contribution in [1.29, 1.82) is 0 Å². The summed E-state index contributed by atoms with van der Waals surface area (Å²) in [7, 11) is 2.87. The van der Waals surface area contributed by atoms with Gasteiger partial charge in [-0.25, -0.2) is 0 Å². The predicted octanol–water partition coefficient (Wildman–Crippen LogP) is 2.63. The lowest BCUT2D eigenvalue weighted by Crippen LogP contribution is -2.39. The van der Waals surface area contributed by atoms with Gasteiger partial charge in [0.15, 0.2) is 12.7 Å². The van der Waals surface area contributed by atoms with Crippen molar-refractivity contribution in [2.24, 2.45) is 0 Å². The van der Waals surface area contributed by atoms with E-state index in [1.54, 1.807) is 24.3 Å². The van der Waals surface area contributed by atoms with Crippen LogP contribution in [0.4, 0.5) is 11.4 Å². The van der Waals surface area contributed by atoms with Gasteiger partial charge in [0.2, 0.25) is 0 Å². The maximum Gasteiger partial charge on any atom is 0.310 e. The number of benzene rings is 2. The molecule has 1 aliphatic heterocycles. The molecule has 2 aromatic carbocycles. The molecule has 1 aliphatic rings. The highest BCUT2D eigenvalue weighted by Crippen LogP contribution is 2.36. The van der Waals surface area contributed by atoms with Crippen LogP contribution in [0.15, 0.2) is 36.4 Å². The van der Waals surface area contributed by atoms with Crippen LogP contribution in [0.1, 0.15) is 6.42 Å². The van der Waals surface area contributed by atoms with Crippen LogP contribution >= 0.6 is 11.6 Å². The highest BCUT2D eigenvalue weighted by Gasteiger charge is 2.30. The first-order valence-corrected chi connectivity index (χ1v) is 9.22. The summed E-state index contributed by atoms with van der Waals surface area (Å²) in [6.07, 6.45) is -1.39. The number of carbonyl (C=O) groups is 3. The molecule has 0 bridgehead atoms. The molecule has 10 heteroatoms. The molecule has 158 valence electrons. The number of rotatable bonds is 7. The molecule has 0 fully saturated rings. The lowest BCUT2D eigenvalue weighted by Gasteiger charge is -2.25. The molecule has 0 aliphatic carbocycles. The number of ether oxygens (including phenoxy) is 4. The minimum absolute atomic E-state index is 0.270. The Balaban J connectivity index is 1.53. The van der Waals surface area contributed by atoms with Crippen molar-refractivity contribution in [3.63, 3.8) is 0 Å². The van der Waals surface area contributed by atoms with Gasteiger partial charge in [0.1, 0.15) is 17.2 Å². The maximum atomic E-state index is 12.1. The molecule has 0 saturated carbocycles. The van der Waals surface area contributed by atoms with Crippen LogP contribution in [0.2, 0.25) is 5.02 Å². The summed E-state index contributed by atoms with van der Waals surface area (Å²) >= 11 is 6.06. The molecular weight excluding hydrogens is 416 g/mol. The summed E-state index contributed by atoms with van der Waals surface area (Å²) in [4.78, 5) is 36.3. The first kappa shape index (κ1) is 21.3. The number of methoxy groups -OCH3 is 2. The quantitative estimate of drug-likeness (QED) is 0.644. The van der Waals surface area contributed by atoms with E-state index in [0.717, 1.165) is 0 Å². The lowest BCUT2D eigenvalue weighted by molar-refractivity contribution is -0.150. The summed E-state index contributed by atoms with van der Waals surface area (Å²) in [6.45, 7) is -0.559. The molecule has 1 atom stereocenters. The Kier molecular flexibility index (Phi) is 6.63. The smallest absolute Gasteiger partial charge is 0.310 e. The fraction of sp³-hybridized carbons (Fsp3) is 0.250. The third-order valence-electron chi connectivity index (χ3n) is 4.17. The SMILES string of the molecule is COc1cc(OC)c(NC(=O)COC(=O)CC2Oc3ccccc3NC2=O)cc1Cl. The van der Waals surface area contributed by atoms with Gasteiger partial charge in [-0.05, 0) is 18.2 Å². The van der Waals surface area contributed by atoms with E-state index in [1.165, 1.54) is 26.4 Å². The molecule has 0 radical (unpaired) electrons. The lowest BCUT2D eigenvalue weighted by atomic mass is 10.1. The second-order valence-corrected chi connectivity index (χ2v) is 6.60. The van der Waals surface area contributed by atoms with Gasteiger partial charge in [0.05, 0.1) is 37.0 Å². The molecule has 1 unspecified atom stereocenters. The van der Waals surface area contributed by atoms with Crippen LogP contribution in [0, 0.1) is 0 Å². The summed E-state index contributed by atoms with van der Waals surface area (Å²) in [6, 6.07) is 9.83. The number of esters is 1. The number of carbonyl (C=O) groups excluding carboxylic acids is 3. The van der Waals surface area contributed by atoms with Crippen LogP contribution in [0.5, 0.6) is 17.2 Å². The van der Waals surface area contributed by atoms with Gasteiger partial charge in [-0.2, -0.15) is 0 Å². The number of fused-ring (bicyclic) bond motifs is 1. The van der Waals surface area contributed by atoms with E-state index in [0.29, 0.717) is 22.9 Å². The molecule has 2 N–H and O–H groups in total. The Morgan fingerprint density at radius 2 is 1.90 bits per heavy atom. The Hall–Kier alpha value is -3.46. The number of para-hydroxylation sites is 2. The number of hydrogen-bond acceptors (Lipinski definition) is 7. The Bertz CT molecular complexity index is 980. The summed E-state index contributed by atoms with van der Waals surface area (Å²) < 4.78 is 20.8. The van der Waals surface area contributed by atoms with Crippen molar-refractivity contribution in [1.82, 2.24) is 0 Å². The van der Waals surface area contributed by atoms with E-state index < -0.39 is 30.5 Å². The average Bonchev–Trinajstić information content (AvgIpc) is 2.73. The number of halogens is 1. The van der Waals surface area contributed by atoms with Gasteiger partial charge in [0, 0.05) is 6.07 Å². The average molecular weight is 435 g/mol. The molecule has 9 nitrogen and oxygen atoms in total. The van der Waals surface area contributed by atoms with Crippen molar-refractivity contribution < 1.29 is 33.3 Å².